The van der Waals surface area contributed by atoms with Gasteiger partial charge in [-0.25, -0.2) is 8.42 Å². The molecular weight excluding hydrogens is 130 g/mol. The van der Waals surface area contributed by atoms with E-state index in [2.05, 4.69) is 11.8 Å². The van der Waals surface area contributed by atoms with Crippen LogP contribution >= 0.6 is 11.8 Å². The van der Waals surface area contributed by atoms with Crippen LogP contribution in [0.5, 0.6) is 0 Å². The minimum absolute atomic E-state index is 0.993. The summed E-state index contributed by atoms with van der Waals surface area (Å²) in [5, 5.41) is 0. The van der Waals surface area contributed by atoms with Crippen molar-refractivity contribution in [3.63, 3.8) is 0 Å². The van der Waals surface area contributed by atoms with Gasteiger partial charge in [0.2, 0.25) is 0 Å². The van der Waals surface area contributed by atoms with E-state index < -0.39 is 10.3 Å². The first kappa shape index (κ1) is 6.16. The van der Waals surface area contributed by atoms with Gasteiger partial charge < -0.3 is 4.55 Å². The number of rotatable bonds is 1. The number of nitrogens with one attached hydrogen (secondary N) is 1. The summed E-state index contributed by atoms with van der Waals surface area (Å²) in [7, 11) is -4.40. The molecule has 0 saturated carbocycles. The van der Waals surface area contributed by atoms with E-state index in [1.807, 2.05) is 0 Å². The SMILES string of the molecule is O=S(=O)([O-])NCl. The van der Waals surface area contributed by atoms with Gasteiger partial charge >= 0.3 is 0 Å². The minimum Gasteiger partial charge on any atom is -0.735 e. The van der Waals surface area contributed by atoms with E-state index in [0.29, 0.717) is 0 Å². The predicted molar refractivity (Wildman–Crippen MR) is 18.7 cm³/mol. The molecule has 0 aliphatic heterocycles. The Labute approximate surface area is 40.1 Å². The molecule has 0 amide bonds. The third-order valence-corrected chi connectivity index (χ3v) is 0.850. The second-order valence-corrected chi connectivity index (χ2v) is 2.06. The Morgan fingerprint density at radius 1 is 1.67 bits per heavy atom. The molecule has 1 N–H and O–H groups in total. The summed E-state index contributed by atoms with van der Waals surface area (Å²) in [5.41, 5.74) is 0. The zero-order chi connectivity index (χ0) is 5.21. The zero-order valence-corrected chi connectivity index (χ0v) is 4.08. The Hall–Kier alpha value is 0.160. The minimum atomic E-state index is -4.40. The van der Waals surface area contributed by atoms with Gasteiger partial charge in [-0.3, -0.25) is 0 Å². The van der Waals surface area contributed by atoms with E-state index in [0.717, 1.165) is 4.24 Å². The fourth-order valence-electron chi connectivity index (χ4n) is 0. The largest absolute Gasteiger partial charge is 0.735 e. The van der Waals surface area contributed by atoms with Crippen molar-refractivity contribution in [2.45, 2.75) is 0 Å². The second-order valence-electron chi connectivity index (χ2n) is 0.531. The molecular formula is HClNO3S-. The van der Waals surface area contributed by atoms with Crippen LogP contribution in [0.15, 0.2) is 0 Å². The highest BCUT2D eigenvalue weighted by molar-refractivity contribution is 7.84. The van der Waals surface area contributed by atoms with Crippen LogP contribution in [-0.2, 0) is 10.3 Å². The fourth-order valence-corrected chi connectivity index (χ4v) is 0. The van der Waals surface area contributed by atoms with Gasteiger partial charge in [0.25, 0.3) is 0 Å². The van der Waals surface area contributed by atoms with Crippen molar-refractivity contribution in [1.29, 1.82) is 0 Å². The highest BCUT2D eigenvalue weighted by Crippen LogP contribution is 1.70. The van der Waals surface area contributed by atoms with Gasteiger partial charge in [-0.15, -0.1) is 4.24 Å². The summed E-state index contributed by atoms with van der Waals surface area (Å²) < 4.78 is 28.6. The highest BCUT2D eigenvalue weighted by Gasteiger charge is 1.79. The molecule has 4 nitrogen and oxygen atoms in total. The van der Waals surface area contributed by atoms with Gasteiger partial charge in [-0.1, -0.05) is 0 Å². The maximum Gasteiger partial charge on any atom is 0.173 e. The van der Waals surface area contributed by atoms with Gasteiger partial charge in [-0.2, -0.15) is 0 Å². The summed E-state index contributed by atoms with van der Waals surface area (Å²) in [6.45, 7) is 0. The molecule has 0 aromatic rings. The standard InChI is InChI=1S/ClH2NO3S/c1-2-6(3,4)5/h2H,(H,3,4,5)/p-1. The second kappa shape index (κ2) is 1.74. The lowest BCUT2D eigenvalue weighted by Gasteiger charge is -1.97. The lowest BCUT2D eigenvalue weighted by atomic mass is 13.9. The molecule has 0 rings (SSSR count). The summed E-state index contributed by atoms with van der Waals surface area (Å²) in [6.07, 6.45) is 0. The van der Waals surface area contributed by atoms with Crippen molar-refractivity contribution in [3.05, 3.63) is 0 Å². The molecule has 0 spiro atoms. The summed E-state index contributed by atoms with van der Waals surface area (Å²) in [5.74, 6) is 0. The van der Waals surface area contributed by atoms with Crippen molar-refractivity contribution in [2.75, 3.05) is 0 Å². The summed E-state index contributed by atoms with van der Waals surface area (Å²) in [6, 6.07) is 0. The van der Waals surface area contributed by atoms with Crippen molar-refractivity contribution in [1.82, 2.24) is 4.24 Å². The fraction of sp³-hybridized carbons (Fsp3) is 0. The molecule has 0 saturated heterocycles. The zero-order valence-electron chi connectivity index (χ0n) is 2.51. The molecule has 0 aromatic heterocycles. The number of hydrogen-bond donors (Lipinski definition) is 1. The lowest BCUT2D eigenvalue weighted by molar-refractivity contribution is 0.460. The van der Waals surface area contributed by atoms with Crippen LogP contribution in [0.25, 0.3) is 0 Å². The van der Waals surface area contributed by atoms with Crippen LogP contribution < -0.4 is 4.24 Å². The Morgan fingerprint density at radius 2 is 1.83 bits per heavy atom. The predicted octanol–water partition coefficient (Wildman–Crippen LogP) is -0.810. The molecule has 0 heterocycles. The maximum atomic E-state index is 9.20. The van der Waals surface area contributed by atoms with Gasteiger partial charge in [0.05, 0.1) is 0 Å². The smallest absolute Gasteiger partial charge is 0.173 e. The average molecular weight is 131 g/mol. The molecule has 0 fully saturated rings. The molecule has 0 radical (unpaired) electrons. The van der Waals surface area contributed by atoms with Crippen LogP contribution in [0, 0.1) is 0 Å². The van der Waals surface area contributed by atoms with Crippen LogP contribution in [0.3, 0.4) is 0 Å². The van der Waals surface area contributed by atoms with Gasteiger partial charge in [0, 0.05) is 0 Å². The van der Waals surface area contributed by atoms with E-state index in [-0.39, 0.29) is 0 Å². The third-order valence-electron chi connectivity index (χ3n) is 0.0945. The first-order valence-corrected chi connectivity index (χ1v) is 2.68. The van der Waals surface area contributed by atoms with Gasteiger partial charge in [0.1, 0.15) is 0 Å². The van der Waals surface area contributed by atoms with Crippen molar-refractivity contribution >= 4 is 22.1 Å². The first-order chi connectivity index (χ1) is 2.56. The van der Waals surface area contributed by atoms with Crippen LogP contribution in [0.1, 0.15) is 0 Å². The van der Waals surface area contributed by atoms with Crippen LogP contribution in [-0.4, -0.2) is 13.0 Å². The molecule has 0 bridgehead atoms. The Kier molecular flexibility index (Phi) is 1.79. The van der Waals surface area contributed by atoms with Crippen molar-refractivity contribution in [2.24, 2.45) is 0 Å². The molecule has 38 valence electrons. The Morgan fingerprint density at radius 3 is 1.83 bits per heavy atom. The van der Waals surface area contributed by atoms with Crippen molar-refractivity contribution < 1.29 is 13.0 Å². The molecule has 6 heteroatoms. The third kappa shape index (κ3) is 4.16. The van der Waals surface area contributed by atoms with E-state index in [1.165, 1.54) is 0 Å². The lowest BCUT2D eigenvalue weighted by Crippen LogP contribution is -2.10. The average Bonchev–Trinajstić information content (AvgIpc) is 1.35. The quantitative estimate of drug-likeness (QED) is 0.373. The number of hydrogen-bond acceptors (Lipinski definition) is 3. The molecule has 0 aliphatic rings. The molecule has 0 atom stereocenters. The number of halogens is 1. The van der Waals surface area contributed by atoms with Gasteiger partial charge in [-0.05, 0) is 11.8 Å². The van der Waals surface area contributed by atoms with E-state index >= 15 is 0 Å². The van der Waals surface area contributed by atoms with Crippen LogP contribution in [0.4, 0.5) is 0 Å². The van der Waals surface area contributed by atoms with E-state index in [4.69, 9.17) is 0 Å². The molecule has 6 heavy (non-hydrogen) atoms. The molecule has 0 aromatic carbocycles. The Balaban J connectivity index is 3.85. The highest BCUT2D eigenvalue weighted by atomic mass is 35.5. The topological polar surface area (TPSA) is 69.2 Å². The summed E-state index contributed by atoms with van der Waals surface area (Å²) in [4.78, 5) is 0. The normalized spacial score (nSPS) is 11.7. The molecule has 0 unspecified atom stereocenters. The monoisotopic (exact) mass is 130 g/mol. The van der Waals surface area contributed by atoms with E-state index in [1.54, 1.807) is 0 Å². The van der Waals surface area contributed by atoms with Crippen LogP contribution in [0.2, 0.25) is 0 Å². The Bertz CT molecular complexity index is 113. The van der Waals surface area contributed by atoms with E-state index in [9.17, 15) is 13.0 Å². The molecule has 0 aliphatic carbocycles. The summed E-state index contributed by atoms with van der Waals surface area (Å²) >= 11 is 4.33. The van der Waals surface area contributed by atoms with Crippen molar-refractivity contribution in [3.8, 4) is 0 Å². The van der Waals surface area contributed by atoms with Gasteiger partial charge in [0.15, 0.2) is 10.3 Å². The maximum absolute atomic E-state index is 9.20. The first-order valence-electron chi connectivity index (χ1n) is 0.893.